The van der Waals surface area contributed by atoms with Crippen LogP contribution in [0.5, 0.6) is 0 Å². The zero-order valence-electron chi connectivity index (χ0n) is 7.39. The molecule has 0 fully saturated rings. The summed E-state index contributed by atoms with van der Waals surface area (Å²) in [4.78, 5) is 10.7. The number of aryl methyl sites for hydroxylation is 1. The maximum absolute atomic E-state index is 10.7. The van der Waals surface area contributed by atoms with Crippen LogP contribution >= 0.6 is 23.2 Å². The minimum atomic E-state index is -0.414. The molecule has 1 nitrogen and oxygen atoms in total. The van der Waals surface area contributed by atoms with Crippen LogP contribution < -0.4 is 0 Å². The molecule has 0 atom stereocenters. The Bertz CT molecular complexity index is 421. The van der Waals surface area contributed by atoms with Crippen LogP contribution in [0.2, 0.25) is 5.02 Å². The summed E-state index contributed by atoms with van der Waals surface area (Å²) in [5.74, 6) is 0. The summed E-state index contributed by atoms with van der Waals surface area (Å²) in [7, 11) is 0. The first kappa shape index (κ1) is 9.75. The monoisotopic (exact) mass is 226 g/mol. The molecule has 0 bridgehead atoms. The fourth-order valence-electron chi connectivity index (χ4n) is 1.77. The van der Waals surface area contributed by atoms with Gasteiger partial charge in [0, 0.05) is 11.1 Å². The molecule has 1 aliphatic carbocycles. The van der Waals surface area contributed by atoms with Crippen molar-refractivity contribution in [2.45, 2.75) is 12.8 Å². The molecule has 0 amide bonds. The highest BCUT2D eigenvalue weighted by atomic mass is 35.5. The third-order valence-electron chi connectivity index (χ3n) is 2.36. The number of allylic oxidation sites excluding steroid dienone is 2. The molecule has 2 rings (SSSR count). The minimum Gasteiger partial charge on any atom is -0.276 e. The van der Waals surface area contributed by atoms with Crippen molar-refractivity contribution >= 4 is 34.0 Å². The first-order chi connectivity index (χ1) is 6.66. The number of hydrogen-bond donors (Lipinski definition) is 0. The first-order valence-corrected chi connectivity index (χ1v) is 5.11. The fraction of sp³-hybridized carbons (Fsp3) is 0.182. The normalized spacial score (nSPS) is 17.1. The van der Waals surface area contributed by atoms with Gasteiger partial charge in [0.2, 0.25) is 5.24 Å². The second-order valence-electron chi connectivity index (χ2n) is 3.28. The van der Waals surface area contributed by atoms with Gasteiger partial charge in [0.1, 0.15) is 0 Å². The maximum atomic E-state index is 10.7. The van der Waals surface area contributed by atoms with Crippen molar-refractivity contribution in [3.05, 3.63) is 40.4 Å². The van der Waals surface area contributed by atoms with E-state index in [9.17, 15) is 4.79 Å². The number of benzene rings is 1. The van der Waals surface area contributed by atoms with Crippen LogP contribution in [-0.2, 0) is 11.2 Å². The van der Waals surface area contributed by atoms with E-state index >= 15 is 0 Å². The molecular formula is C11H8Cl2O. The van der Waals surface area contributed by atoms with E-state index in [4.69, 9.17) is 23.2 Å². The molecule has 1 aliphatic rings. The maximum Gasteiger partial charge on any atom is 0.245 e. The molecule has 0 aromatic heterocycles. The van der Waals surface area contributed by atoms with Gasteiger partial charge in [-0.15, -0.1) is 0 Å². The summed E-state index contributed by atoms with van der Waals surface area (Å²) in [6.07, 6.45) is 3.29. The Labute approximate surface area is 92.3 Å². The van der Waals surface area contributed by atoms with Gasteiger partial charge < -0.3 is 0 Å². The van der Waals surface area contributed by atoms with Crippen molar-refractivity contribution in [2.24, 2.45) is 0 Å². The first-order valence-electron chi connectivity index (χ1n) is 4.35. The molecule has 0 heterocycles. The Kier molecular flexibility index (Phi) is 2.62. The molecule has 0 saturated carbocycles. The van der Waals surface area contributed by atoms with Gasteiger partial charge in [-0.3, -0.25) is 4.79 Å². The molecule has 1 aromatic rings. The highest BCUT2D eigenvalue weighted by Gasteiger charge is 2.16. The molecule has 14 heavy (non-hydrogen) atoms. The number of carbonyl (C=O) groups is 1. The molecule has 0 aliphatic heterocycles. The quantitative estimate of drug-likeness (QED) is 0.530. The van der Waals surface area contributed by atoms with Crippen LogP contribution in [0.1, 0.15) is 17.5 Å². The van der Waals surface area contributed by atoms with Crippen molar-refractivity contribution in [1.82, 2.24) is 0 Å². The minimum absolute atomic E-state index is 0.414. The molecule has 3 heteroatoms. The summed E-state index contributed by atoms with van der Waals surface area (Å²) in [5, 5.41) is 0.324. The summed E-state index contributed by atoms with van der Waals surface area (Å²) < 4.78 is 0. The van der Waals surface area contributed by atoms with Crippen LogP contribution in [0.15, 0.2) is 24.3 Å². The van der Waals surface area contributed by atoms with Gasteiger partial charge in [0.15, 0.2) is 0 Å². The average molecular weight is 227 g/mol. The molecule has 0 spiro atoms. The lowest BCUT2D eigenvalue weighted by atomic mass is 10.1. The number of carbonyl (C=O) groups excluding carboxylic acids is 1. The predicted octanol–water partition coefficient (Wildman–Crippen LogP) is 3.44. The molecule has 0 unspecified atom stereocenters. The van der Waals surface area contributed by atoms with E-state index in [1.807, 2.05) is 18.2 Å². The molecule has 0 radical (unpaired) electrons. The van der Waals surface area contributed by atoms with Crippen LogP contribution in [0.25, 0.3) is 5.57 Å². The van der Waals surface area contributed by atoms with Crippen molar-refractivity contribution < 1.29 is 4.79 Å². The average Bonchev–Trinajstić information content (AvgIpc) is 2.47. The van der Waals surface area contributed by atoms with Crippen molar-refractivity contribution in [1.29, 1.82) is 0 Å². The number of hydrogen-bond acceptors (Lipinski definition) is 1. The fourth-order valence-corrected chi connectivity index (χ4v) is 2.10. The third-order valence-corrected chi connectivity index (χ3v) is 2.71. The van der Waals surface area contributed by atoms with E-state index in [1.165, 1.54) is 11.6 Å². The number of rotatable bonds is 1. The van der Waals surface area contributed by atoms with Gasteiger partial charge >= 0.3 is 0 Å². The molecule has 0 N–H and O–H groups in total. The van der Waals surface area contributed by atoms with E-state index < -0.39 is 5.24 Å². The second-order valence-corrected chi connectivity index (χ2v) is 4.08. The Morgan fingerprint density at radius 2 is 2.14 bits per heavy atom. The lowest BCUT2D eigenvalue weighted by Gasteiger charge is -1.99. The largest absolute Gasteiger partial charge is 0.276 e. The van der Waals surface area contributed by atoms with Crippen LogP contribution in [0, 0.1) is 0 Å². The van der Waals surface area contributed by atoms with Crippen molar-refractivity contribution in [3.63, 3.8) is 0 Å². The lowest BCUT2D eigenvalue weighted by molar-refractivity contribution is -0.107. The van der Waals surface area contributed by atoms with E-state index in [0.717, 1.165) is 29.0 Å². The van der Waals surface area contributed by atoms with Gasteiger partial charge in [-0.05, 0) is 53.3 Å². The summed E-state index contributed by atoms with van der Waals surface area (Å²) in [6, 6.07) is 5.71. The summed E-state index contributed by atoms with van der Waals surface area (Å²) >= 11 is 11.2. The smallest absolute Gasteiger partial charge is 0.245 e. The van der Waals surface area contributed by atoms with Crippen LogP contribution in [0.4, 0.5) is 0 Å². The van der Waals surface area contributed by atoms with Gasteiger partial charge in [-0.25, -0.2) is 0 Å². The molecular weight excluding hydrogens is 219 g/mol. The topological polar surface area (TPSA) is 17.1 Å². The van der Waals surface area contributed by atoms with Crippen LogP contribution in [0.3, 0.4) is 0 Å². The van der Waals surface area contributed by atoms with E-state index in [0.29, 0.717) is 0 Å². The highest BCUT2D eigenvalue weighted by Crippen LogP contribution is 2.33. The Morgan fingerprint density at radius 1 is 1.36 bits per heavy atom. The molecule has 1 aromatic carbocycles. The summed E-state index contributed by atoms with van der Waals surface area (Å²) in [5.41, 5.74) is 3.31. The number of fused-ring (bicyclic) bond motifs is 1. The van der Waals surface area contributed by atoms with E-state index in [1.54, 1.807) is 0 Å². The predicted molar refractivity (Wildman–Crippen MR) is 58.6 cm³/mol. The van der Waals surface area contributed by atoms with Crippen molar-refractivity contribution in [2.75, 3.05) is 0 Å². The Morgan fingerprint density at radius 3 is 2.86 bits per heavy atom. The van der Waals surface area contributed by atoms with E-state index in [-0.39, 0.29) is 0 Å². The zero-order valence-corrected chi connectivity index (χ0v) is 8.90. The van der Waals surface area contributed by atoms with Gasteiger partial charge in [0.05, 0.1) is 0 Å². The zero-order chi connectivity index (χ0) is 10.1. The van der Waals surface area contributed by atoms with E-state index in [2.05, 4.69) is 0 Å². The Hall–Kier alpha value is -0.790. The standard InChI is InChI=1S/C11H8Cl2O/c12-9-3-4-10-7(5-9)1-2-8(10)6-11(13)14/h3-6H,1-2H2/b8-6+. The van der Waals surface area contributed by atoms with Gasteiger partial charge in [-0.2, -0.15) is 0 Å². The van der Waals surface area contributed by atoms with Crippen molar-refractivity contribution in [3.8, 4) is 0 Å². The van der Waals surface area contributed by atoms with Gasteiger partial charge in [-0.1, -0.05) is 17.7 Å². The second kappa shape index (κ2) is 3.76. The lowest BCUT2D eigenvalue weighted by Crippen LogP contribution is -1.83. The Balaban J connectivity index is 2.45. The SMILES string of the molecule is O=C(Cl)/C=C1\CCc2cc(Cl)ccc21. The van der Waals surface area contributed by atoms with Gasteiger partial charge in [0.25, 0.3) is 0 Å². The number of halogens is 2. The highest BCUT2D eigenvalue weighted by molar-refractivity contribution is 6.67. The summed E-state index contributed by atoms with van der Waals surface area (Å²) in [6.45, 7) is 0. The molecule has 0 saturated heterocycles. The molecule has 72 valence electrons. The van der Waals surface area contributed by atoms with Crippen LogP contribution in [-0.4, -0.2) is 5.24 Å². The third kappa shape index (κ3) is 1.84.